The molecule has 1 fully saturated rings. The summed E-state index contributed by atoms with van der Waals surface area (Å²) >= 11 is 0. The molecule has 23 heavy (non-hydrogen) atoms. The number of hydrogen-bond acceptors (Lipinski definition) is 8. The number of aliphatic hydroxyl groups excluding tert-OH is 4. The first-order valence-corrected chi connectivity index (χ1v) is 6.58. The summed E-state index contributed by atoms with van der Waals surface area (Å²) in [4.78, 5) is 25.0. The van der Waals surface area contributed by atoms with Gasteiger partial charge in [0, 0.05) is 18.3 Å². The topological polar surface area (TPSA) is 205 Å². The molecule has 0 aromatic carbocycles. The Labute approximate surface area is 129 Å². The van der Waals surface area contributed by atoms with Gasteiger partial charge in [0.05, 0.1) is 18.8 Å². The van der Waals surface area contributed by atoms with Crippen LogP contribution in [0.15, 0.2) is 5.11 Å². The Bertz CT molecular complexity index is 510. The highest BCUT2D eigenvalue weighted by molar-refractivity contribution is 5.84. The van der Waals surface area contributed by atoms with Crippen LogP contribution in [0.5, 0.6) is 0 Å². The van der Waals surface area contributed by atoms with Crippen LogP contribution in [-0.2, 0) is 14.3 Å². The van der Waals surface area contributed by atoms with Gasteiger partial charge < -0.3 is 35.6 Å². The Morgan fingerprint density at radius 2 is 2.13 bits per heavy atom. The molecule has 1 saturated heterocycles. The molecule has 1 rings (SSSR count). The summed E-state index contributed by atoms with van der Waals surface area (Å²) in [6.45, 7) is 0.233. The maximum absolute atomic E-state index is 11.6. The minimum Gasteiger partial charge on any atom is -0.394 e. The van der Waals surface area contributed by atoms with Crippen LogP contribution in [0.25, 0.3) is 10.4 Å². The monoisotopic (exact) mass is 334 g/mol. The van der Waals surface area contributed by atoms with E-state index in [0.717, 1.165) is 6.92 Å². The quantitative estimate of drug-likeness (QED) is 0.172. The maximum Gasteiger partial charge on any atom is 0.277 e. The molecule has 2 amide bonds. The van der Waals surface area contributed by atoms with Crippen LogP contribution in [0.3, 0.4) is 0 Å². The molecular formula is C11H18N4O8. The van der Waals surface area contributed by atoms with Crippen LogP contribution >= 0.6 is 0 Å². The molecule has 130 valence electrons. The highest BCUT2D eigenvalue weighted by atomic mass is 16.6. The van der Waals surface area contributed by atoms with E-state index in [2.05, 4.69) is 15.3 Å². The van der Waals surface area contributed by atoms with Crippen molar-refractivity contribution in [2.24, 2.45) is 5.11 Å². The molecular weight excluding hydrogens is 316 g/mol. The standard InChI is InChI=1S/C11H18N4O8/c1-4(17)13-7-5(18)2-11(22,10(21)14-15-12)23-9(7)8(20)6(19)3-16/h5-9,16,18-20,22H,2-3H2,1H3,(H,13,17)/t5-,6+,7+,8+,9+,11?/m0/s1. The molecule has 0 aliphatic carbocycles. The largest absolute Gasteiger partial charge is 0.394 e. The Balaban J connectivity index is 3.15. The van der Waals surface area contributed by atoms with Crippen molar-refractivity contribution < 1.29 is 39.9 Å². The number of nitrogens with one attached hydrogen (secondary N) is 1. The number of nitrogens with zero attached hydrogens (tertiary/aromatic N) is 3. The molecule has 0 aromatic heterocycles. The molecule has 1 aliphatic rings. The lowest BCUT2D eigenvalue weighted by Gasteiger charge is -2.45. The molecule has 6 atom stereocenters. The zero-order valence-electron chi connectivity index (χ0n) is 12.1. The van der Waals surface area contributed by atoms with Crippen molar-refractivity contribution in [3.8, 4) is 0 Å². The SMILES string of the molecule is CC(=O)N[C@H]1[C@H]([C@H](O)[C@H](O)CO)OC(O)(C(=O)N=[N+]=[N-])C[C@@H]1O. The van der Waals surface area contributed by atoms with Gasteiger partial charge in [-0.05, 0) is 10.6 Å². The number of rotatable bonds is 5. The fourth-order valence-electron chi connectivity index (χ4n) is 2.25. The van der Waals surface area contributed by atoms with Gasteiger partial charge in [-0.3, -0.25) is 9.59 Å². The normalized spacial score (nSPS) is 33.2. The summed E-state index contributed by atoms with van der Waals surface area (Å²) in [5, 5.41) is 53.4. The molecule has 6 N–H and O–H groups in total. The maximum atomic E-state index is 11.6. The lowest BCUT2D eigenvalue weighted by Crippen LogP contribution is -2.67. The molecule has 0 radical (unpaired) electrons. The third-order valence-corrected chi connectivity index (χ3v) is 3.34. The number of aliphatic hydroxyl groups is 5. The second-order valence-corrected chi connectivity index (χ2v) is 5.10. The van der Waals surface area contributed by atoms with Crippen molar-refractivity contribution in [2.45, 2.75) is 49.6 Å². The van der Waals surface area contributed by atoms with E-state index >= 15 is 0 Å². The Morgan fingerprint density at radius 3 is 2.61 bits per heavy atom. The third kappa shape index (κ3) is 4.36. The van der Waals surface area contributed by atoms with E-state index in [1.165, 1.54) is 0 Å². The zero-order valence-corrected chi connectivity index (χ0v) is 12.1. The minimum atomic E-state index is -2.75. The Kier molecular flexibility index (Phi) is 6.41. The first kappa shape index (κ1) is 19.3. The molecule has 1 unspecified atom stereocenters. The number of carbonyl (C=O) groups excluding carboxylic acids is 2. The summed E-state index contributed by atoms with van der Waals surface area (Å²) in [7, 11) is 0. The fourth-order valence-corrected chi connectivity index (χ4v) is 2.25. The molecule has 0 aromatic rings. The average molecular weight is 334 g/mol. The third-order valence-electron chi connectivity index (χ3n) is 3.34. The first-order chi connectivity index (χ1) is 10.7. The van der Waals surface area contributed by atoms with Gasteiger partial charge in [0.2, 0.25) is 11.7 Å². The molecule has 0 saturated carbocycles. The molecule has 0 spiro atoms. The zero-order chi connectivity index (χ0) is 17.8. The second kappa shape index (κ2) is 7.66. The predicted octanol–water partition coefficient (Wildman–Crippen LogP) is -3.12. The molecule has 12 nitrogen and oxygen atoms in total. The van der Waals surface area contributed by atoms with E-state index in [-0.39, 0.29) is 0 Å². The van der Waals surface area contributed by atoms with Crippen LogP contribution < -0.4 is 5.32 Å². The highest BCUT2D eigenvalue weighted by Crippen LogP contribution is 2.31. The molecule has 12 heteroatoms. The summed E-state index contributed by atoms with van der Waals surface area (Å²) in [6.07, 6.45) is -7.57. The van der Waals surface area contributed by atoms with Gasteiger partial charge in [-0.25, -0.2) is 0 Å². The predicted molar refractivity (Wildman–Crippen MR) is 71.3 cm³/mol. The van der Waals surface area contributed by atoms with Crippen LogP contribution in [0.1, 0.15) is 13.3 Å². The van der Waals surface area contributed by atoms with Crippen molar-refractivity contribution in [3.63, 3.8) is 0 Å². The van der Waals surface area contributed by atoms with E-state index in [0.29, 0.717) is 0 Å². The van der Waals surface area contributed by atoms with Crippen LogP contribution in [-0.4, -0.2) is 80.2 Å². The van der Waals surface area contributed by atoms with Crippen molar-refractivity contribution in [3.05, 3.63) is 10.4 Å². The van der Waals surface area contributed by atoms with Gasteiger partial charge in [0.15, 0.2) is 0 Å². The van der Waals surface area contributed by atoms with E-state index < -0.39 is 61.1 Å². The number of hydrogen-bond donors (Lipinski definition) is 6. The molecule has 0 bridgehead atoms. The summed E-state index contributed by atoms with van der Waals surface area (Å²) in [5.74, 6) is -4.82. The van der Waals surface area contributed by atoms with E-state index in [1.807, 2.05) is 0 Å². The lowest BCUT2D eigenvalue weighted by molar-refractivity contribution is -0.285. The average Bonchev–Trinajstić information content (AvgIpc) is 2.48. The van der Waals surface area contributed by atoms with Crippen molar-refractivity contribution >= 4 is 11.8 Å². The molecule has 1 aliphatic heterocycles. The summed E-state index contributed by atoms with van der Waals surface area (Å²) in [5.41, 5.74) is 8.25. The van der Waals surface area contributed by atoms with Crippen molar-refractivity contribution in [1.29, 1.82) is 0 Å². The van der Waals surface area contributed by atoms with Crippen molar-refractivity contribution in [2.75, 3.05) is 6.61 Å². The number of ether oxygens (including phenoxy) is 1. The van der Waals surface area contributed by atoms with Gasteiger partial charge in [-0.1, -0.05) is 0 Å². The highest BCUT2D eigenvalue weighted by Gasteiger charge is 2.53. The van der Waals surface area contributed by atoms with E-state index in [9.17, 15) is 30.0 Å². The van der Waals surface area contributed by atoms with E-state index in [1.54, 1.807) is 0 Å². The smallest absolute Gasteiger partial charge is 0.277 e. The Hall–Kier alpha value is -1.79. The minimum absolute atomic E-state index is 0.611. The van der Waals surface area contributed by atoms with Gasteiger partial charge in [0.1, 0.15) is 18.3 Å². The van der Waals surface area contributed by atoms with Crippen LogP contribution in [0.4, 0.5) is 0 Å². The first-order valence-electron chi connectivity index (χ1n) is 6.58. The van der Waals surface area contributed by atoms with Crippen LogP contribution in [0.2, 0.25) is 0 Å². The van der Waals surface area contributed by atoms with E-state index in [4.69, 9.17) is 15.4 Å². The van der Waals surface area contributed by atoms with Gasteiger partial charge in [-0.2, -0.15) is 0 Å². The molecule has 1 heterocycles. The summed E-state index contributed by atoms with van der Waals surface area (Å²) < 4.78 is 5.00. The van der Waals surface area contributed by atoms with Gasteiger partial charge in [-0.15, -0.1) is 0 Å². The Morgan fingerprint density at radius 1 is 1.52 bits per heavy atom. The number of azide groups is 1. The fraction of sp³-hybridized carbons (Fsp3) is 0.818. The lowest BCUT2D eigenvalue weighted by atomic mass is 9.88. The second-order valence-electron chi connectivity index (χ2n) is 5.10. The summed E-state index contributed by atoms with van der Waals surface area (Å²) in [6, 6.07) is -1.29. The van der Waals surface area contributed by atoms with Crippen molar-refractivity contribution in [1.82, 2.24) is 5.32 Å². The van der Waals surface area contributed by atoms with Gasteiger partial charge in [0.25, 0.3) is 5.91 Å². The van der Waals surface area contributed by atoms with Gasteiger partial charge >= 0.3 is 0 Å². The number of amides is 2. The number of carbonyl (C=O) groups is 2. The van der Waals surface area contributed by atoms with Crippen LogP contribution in [0, 0.1) is 0 Å².